The fourth-order valence-electron chi connectivity index (χ4n) is 8.45. The van der Waals surface area contributed by atoms with E-state index < -0.39 is 17.7 Å². The minimum absolute atomic E-state index is 0.178. The first kappa shape index (κ1) is 44.0. The van der Waals surface area contributed by atoms with E-state index in [0.29, 0.717) is 75.1 Å². The SMILES string of the molecule is CCc1nc(C)sc1C(=O)Nc1nc2cc(C(N)=O)cc(OCCCN3CC4CCC(C3)O4)c2n1C/C=C/Cn1c(NC(=O)c2cc(C)nn2CC)nc2cc(C(N)=O)cc(OC)c21. The monoisotopic (exact) mass is 892 g/mol. The Labute approximate surface area is 372 Å². The Morgan fingerprint density at radius 3 is 2.02 bits per heavy atom. The van der Waals surface area contributed by atoms with Crippen LogP contribution in [0.5, 0.6) is 11.5 Å². The molecule has 336 valence electrons. The zero-order valence-electron chi connectivity index (χ0n) is 36.5. The predicted octanol–water partition coefficient (Wildman–Crippen LogP) is 4.84. The largest absolute Gasteiger partial charge is 0.494 e. The van der Waals surface area contributed by atoms with Crippen LogP contribution in [0.1, 0.15) is 90.4 Å². The number of carbonyl (C=O) groups is 4. The van der Waals surface area contributed by atoms with Crippen molar-refractivity contribution in [2.24, 2.45) is 11.5 Å². The number of nitrogens with two attached hydrogens (primary N) is 2. The average molecular weight is 893 g/mol. The molecular weight excluding hydrogens is 841 g/mol. The van der Waals surface area contributed by atoms with Gasteiger partial charge in [-0.1, -0.05) is 19.1 Å². The van der Waals surface area contributed by atoms with E-state index in [1.54, 1.807) is 33.5 Å². The van der Waals surface area contributed by atoms with Gasteiger partial charge in [0.2, 0.25) is 23.7 Å². The number of rotatable bonds is 18. The molecule has 4 aromatic heterocycles. The number of hydrogen-bond acceptors (Lipinski definition) is 13. The van der Waals surface area contributed by atoms with Crippen molar-refractivity contribution >= 4 is 68.9 Å². The van der Waals surface area contributed by atoms with Crippen molar-refractivity contribution in [2.75, 3.05) is 44.0 Å². The van der Waals surface area contributed by atoms with Crippen LogP contribution >= 0.6 is 11.3 Å². The maximum Gasteiger partial charge on any atom is 0.276 e. The summed E-state index contributed by atoms with van der Waals surface area (Å²) in [5.74, 6) is -0.978. The first-order valence-electron chi connectivity index (χ1n) is 21.3. The number of ether oxygens (including phenoxy) is 3. The van der Waals surface area contributed by atoms with Crippen molar-refractivity contribution in [1.82, 2.24) is 38.8 Å². The Morgan fingerprint density at radius 1 is 0.844 bits per heavy atom. The van der Waals surface area contributed by atoms with Crippen LogP contribution in [0.15, 0.2) is 42.5 Å². The van der Waals surface area contributed by atoms with Crippen molar-refractivity contribution in [3.63, 3.8) is 0 Å². The molecule has 6 heterocycles. The molecule has 2 aliphatic rings. The molecule has 19 nitrogen and oxygen atoms in total. The summed E-state index contributed by atoms with van der Waals surface area (Å²) in [7, 11) is 1.47. The first-order chi connectivity index (χ1) is 30.8. The molecule has 2 fully saturated rings. The molecule has 0 spiro atoms. The van der Waals surface area contributed by atoms with Crippen molar-refractivity contribution in [2.45, 2.75) is 85.2 Å². The van der Waals surface area contributed by atoms with Gasteiger partial charge < -0.3 is 34.8 Å². The number of aryl methyl sites for hydroxylation is 4. The van der Waals surface area contributed by atoms with Crippen LogP contribution in [0.3, 0.4) is 0 Å². The summed E-state index contributed by atoms with van der Waals surface area (Å²) >= 11 is 1.30. The van der Waals surface area contributed by atoms with Gasteiger partial charge in [-0.2, -0.15) is 5.10 Å². The summed E-state index contributed by atoms with van der Waals surface area (Å²) in [6.07, 6.45) is 7.77. The zero-order valence-corrected chi connectivity index (χ0v) is 37.3. The molecular formula is C44H52N12O7S. The number of nitrogens with zero attached hydrogens (tertiary/aromatic N) is 8. The van der Waals surface area contributed by atoms with E-state index in [4.69, 9.17) is 35.6 Å². The van der Waals surface area contributed by atoms with Gasteiger partial charge in [0.25, 0.3) is 11.8 Å². The molecule has 2 saturated heterocycles. The smallest absolute Gasteiger partial charge is 0.276 e. The number of anilines is 2. The average Bonchev–Trinajstić information content (AvgIpc) is 4.09. The molecule has 2 bridgehead atoms. The third-order valence-electron chi connectivity index (χ3n) is 11.4. The Kier molecular flexibility index (Phi) is 12.8. The van der Waals surface area contributed by atoms with E-state index in [2.05, 4.69) is 25.6 Å². The summed E-state index contributed by atoms with van der Waals surface area (Å²) in [5.41, 5.74) is 15.4. The lowest BCUT2D eigenvalue weighted by Gasteiger charge is -2.31. The molecule has 0 radical (unpaired) electrons. The Balaban J connectivity index is 1.13. The number of imidazole rings is 2. The van der Waals surface area contributed by atoms with Crippen molar-refractivity contribution in [3.8, 4) is 11.5 Å². The highest BCUT2D eigenvalue weighted by atomic mass is 32.1. The Hall–Kier alpha value is -6.64. The third kappa shape index (κ3) is 9.06. The zero-order chi connectivity index (χ0) is 45.2. The fraction of sp³-hybridized carbons (Fsp3) is 0.409. The quantitative estimate of drug-likeness (QED) is 0.0670. The highest BCUT2D eigenvalue weighted by molar-refractivity contribution is 7.13. The molecule has 4 amide bonds. The van der Waals surface area contributed by atoms with Gasteiger partial charge in [-0.15, -0.1) is 11.3 Å². The minimum Gasteiger partial charge on any atom is -0.494 e. The highest BCUT2D eigenvalue weighted by Crippen LogP contribution is 2.34. The summed E-state index contributed by atoms with van der Waals surface area (Å²) in [6.45, 7) is 11.3. The maximum atomic E-state index is 13.9. The molecule has 2 aromatic carbocycles. The lowest BCUT2D eigenvalue weighted by Crippen LogP contribution is -2.43. The van der Waals surface area contributed by atoms with E-state index in [1.165, 1.54) is 24.5 Å². The number of benzene rings is 2. The van der Waals surface area contributed by atoms with Crippen LogP contribution in [0.2, 0.25) is 0 Å². The molecule has 2 aliphatic heterocycles. The molecule has 6 N–H and O–H groups in total. The Morgan fingerprint density at radius 2 is 1.44 bits per heavy atom. The first-order valence-corrected chi connectivity index (χ1v) is 22.2. The molecule has 2 unspecified atom stereocenters. The standard InChI is InChI=1S/C44H52N12O7S/c1-6-30-38(64-25(4)47-30)42(60)51-44-49-32-19-27(40(46)58)21-35(62-16-10-13-53-22-28-11-12-29(23-53)63-28)37(32)55(44)15-9-8-14-54-36-31(18-26(39(45)57)20-34(36)61-5)48-43(54)50-41(59)33-17-24(3)52-56(33)7-2/h8-9,17-21,28-29H,6-7,10-16,22-23H2,1-5H3,(H2,45,57)(H2,46,58)(H,48,50,59)(H,49,51,60)/b9-8+. The summed E-state index contributed by atoms with van der Waals surface area (Å²) < 4.78 is 23.4. The molecule has 2 atom stereocenters. The topological polar surface area (TPSA) is 242 Å². The van der Waals surface area contributed by atoms with Crippen LogP contribution in [-0.4, -0.2) is 108 Å². The lowest BCUT2D eigenvalue weighted by atomic mass is 10.1. The number of allylic oxidation sites excluding steroid dienone is 2. The molecule has 0 aliphatic carbocycles. The lowest BCUT2D eigenvalue weighted by molar-refractivity contribution is -0.0391. The molecule has 6 aromatic rings. The number of morpholine rings is 1. The van der Waals surface area contributed by atoms with Gasteiger partial charge in [0.15, 0.2) is 0 Å². The number of aromatic nitrogens is 7. The van der Waals surface area contributed by atoms with Gasteiger partial charge in [0.05, 0.1) is 53.4 Å². The van der Waals surface area contributed by atoms with Gasteiger partial charge in [0.1, 0.15) is 33.1 Å². The van der Waals surface area contributed by atoms with Crippen molar-refractivity contribution in [3.05, 3.63) is 80.6 Å². The van der Waals surface area contributed by atoms with E-state index >= 15 is 0 Å². The van der Waals surface area contributed by atoms with Crippen LogP contribution < -0.4 is 31.6 Å². The van der Waals surface area contributed by atoms with E-state index in [-0.39, 0.29) is 54.2 Å². The summed E-state index contributed by atoms with van der Waals surface area (Å²) in [4.78, 5) is 69.4. The van der Waals surface area contributed by atoms with Crippen LogP contribution in [0, 0.1) is 13.8 Å². The number of thiazole rings is 1. The molecule has 0 saturated carbocycles. The second kappa shape index (κ2) is 18.6. The van der Waals surface area contributed by atoms with Gasteiger partial charge in [-0.3, -0.25) is 39.4 Å². The van der Waals surface area contributed by atoms with E-state index in [1.807, 2.05) is 44.4 Å². The van der Waals surface area contributed by atoms with Crippen molar-refractivity contribution in [1.29, 1.82) is 0 Å². The number of fused-ring (bicyclic) bond motifs is 4. The number of likely N-dealkylation sites (tertiary alicyclic amines) is 1. The Bertz CT molecular complexity index is 2790. The van der Waals surface area contributed by atoms with E-state index in [0.717, 1.165) is 43.9 Å². The van der Waals surface area contributed by atoms with Crippen LogP contribution in [-0.2, 0) is 30.8 Å². The van der Waals surface area contributed by atoms with Gasteiger partial charge >= 0.3 is 0 Å². The van der Waals surface area contributed by atoms with Gasteiger partial charge in [0, 0.05) is 50.4 Å². The third-order valence-corrected chi connectivity index (χ3v) is 12.4. The summed E-state index contributed by atoms with van der Waals surface area (Å²) in [5, 5.41) is 11.1. The number of primary amides is 2. The number of amides is 4. The second-order valence-electron chi connectivity index (χ2n) is 15.9. The van der Waals surface area contributed by atoms with Crippen LogP contribution in [0.25, 0.3) is 22.1 Å². The minimum atomic E-state index is -0.662. The number of nitrogens with one attached hydrogen (secondary N) is 2. The van der Waals surface area contributed by atoms with Crippen molar-refractivity contribution < 1.29 is 33.4 Å². The molecule has 64 heavy (non-hydrogen) atoms. The van der Waals surface area contributed by atoms with E-state index in [9.17, 15) is 19.2 Å². The highest BCUT2D eigenvalue weighted by Gasteiger charge is 2.33. The number of carbonyl (C=O) groups excluding carboxylic acids is 4. The summed E-state index contributed by atoms with van der Waals surface area (Å²) in [6, 6.07) is 7.97. The predicted molar refractivity (Wildman–Crippen MR) is 241 cm³/mol. The normalized spacial score (nSPS) is 16.3. The fourth-order valence-corrected chi connectivity index (χ4v) is 9.35. The number of hydrogen-bond donors (Lipinski definition) is 4. The van der Waals surface area contributed by atoms with Crippen LogP contribution in [0.4, 0.5) is 11.9 Å². The van der Waals surface area contributed by atoms with Gasteiger partial charge in [-0.05, 0) is 76.8 Å². The second-order valence-corrected chi connectivity index (χ2v) is 17.1. The maximum absolute atomic E-state index is 13.9. The molecule has 8 rings (SSSR count). The molecule has 20 heteroatoms. The number of methoxy groups -OCH3 is 1. The van der Waals surface area contributed by atoms with Gasteiger partial charge in [-0.25, -0.2) is 15.0 Å².